The van der Waals surface area contributed by atoms with Crippen LogP contribution in [-0.4, -0.2) is 27.9 Å². The molecule has 0 aliphatic rings. The third kappa shape index (κ3) is 2.85. The molecule has 0 radical (unpaired) electrons. The van der Waals surface area contributed by atoms with Crippen molar-refractivity contribution in [1.82, 2.24) is 0 Å². The van der Waals surface area contributed by atoms with Crippen molar-refractivity contribution in [2.24, 2.45) is 10.7 Å². The van der Waals surface area contributed by atoms with Gasteiger partial charge in [0.1, 0.15) is 17.3 Å². The van der Waals surface area contributed by atoms with Gasteiger partial charge in [-0.05, 0) is 18.2 Å². The largest absolute Gasteiger partial charge is 0.506 e. The highest BCUT2D eigenvalue weighted by atomic mass is 35.5. The Morgan fingerprint density at radius 1 is 1.53 bits per heavy atom. The number of benzene rings is 1. The summed E-state index contributed by atoms with van der Waals surface area (Å²) < 4.78 is 0. The zero-order valence-electron chi connectivity index (χ0n) is 7.64. The Kier molecular flexibility index (Phi) is 3.51. The van der Waals surface area contributed by atoms with E-state index < -0.39 is 5.97 Å². The number of nitrogens with zero attached hydrogens (tertiary/aromatic N) is 1. The number of amidine groups is 1. The van der Waals surface area contributed by atoms with Crippen molar-refractivity contribution in [3.05, 3.63) is 23.8 Å². The van der Waals surface area contributed by atoms with Crippen LogP contribution >= 0.6 is 11.6 Å². The smallest absolute Gasteiger partial charge is 0.335 e. The number of aromatic carboxylic acids is 1. The van der Waals surface area contributed by atoms with Crippen LogP contribution < -0.4 is 5.73 Å². The molecule has 0 amide bonds. The maximum Gasteiger partial charge on any atom is 0.335 e. The predicted molar refractivity (Wildman–Crippen MR) is 57.1 cm³/mol. The summed E-state index contributed by atoms with van der Waals surface area (Å²) >= 11 is 5.40. The SMILES string of the molecule is NC(CCl)=Nc1ccc(C(=O)O)cc1O. The van der Waals surface area contributed by atoms with E-state index in [-0.39, 0.29) is 28.7 Å². The van der Waals surface area contributed by atoms with E-state index in [1.165, 1.54) is 12.1 Å². The molecular formula is C9H9ClN2O3. The summed E-state index contributed by atoms with van der Waals surface area (Å²) in [5.74, 6) is -1.18. The van der Waals surface area contributed by atoms with Gasteiger partial charge in [0.05, 0.1) is 11.4 Å². The van der Waals surface area contributed by atoms with Crippen LogP contribution in [-0.2, 0) is 0 Å². The second-order valence-corrected chi connectivity index (χ2v) is 3.01. The van der Waals surface area contributed by atoms with E-state index >= 15 is 0 Å². The molecule has 0 spiro atoms. The Morgan fingerprint density at radius 2 is 2.20 bits per heavy atom. The van der Waals surface area contributed by atoms with E-state index in [1.807, 2.05) is 0 Å². The van der Waals surface area contributed by atoms with Crippen LogP contribution in [0.5, 0.6) is 5.75 Å². The van der Waals surface area contributed by atoms with Crippen molar-refractivity contribution >= 4 is 29.1 Å². The minimum atomic E-state index is -1.12. The van der Waals surface area contributed by atoms with E-state index in [9.17, 15) is 9.90 Å². The van der Waals surface area contributed by atoms with Gasteiger partial charge in [0.15, 0.2) is 0 Å². The van der Waals surface area contributed by atoms with Crippen LogP contribution in [0.1, 0.15) is 10.4 Å². The Bertz CT molecular complexity index is 418. The number of carboxylic acids is 1. The molecule has 0 saturated carbocycles. The molecule has 6 heteroatoms. The van der Waals surface area contributed by atoms with E-state index in [4.69, 9.17) is 22.4 Å². The molecule has 1 rings (SSSR count). The fourth-order valence-corrected chi connectivity index (χ4v) is 0.995. The van der Waals surface area contributed by atoms with E-state index in [2.05, 4.69) is 4.99 Å². The summed E-state index contributed by atoms with van der Waals surface area (Å²) in [7, 11) is 0. The Morgan fingerprint density at radius 3 is 2.67 bits per heavy atom. The molecule has 0 heterocycles. The van der Waals surface area contributed by atoms with Crippen molar-refractivity contribution in [3.8, 4) is 5.75 Å². The van der Waals surface area contributed by atoms with Crippen LogP contribution in [0.25, 0.3) is 0 Å². The van der Waals surface area contributed by atoms with Crippen molar-refractivity contribution < 1.29 is 15.0 Å². The lowest BCUT2D eigenvalue weighted by molar-refractivity contribution is 0.0696. The molecule has 1 aromatic rings. The highest BCUT2D eigenvalue weighted by Gasteiger charge is 2.07. The van der Waals surface area contributed by atoms with Gasteiger partial charge in [-0.15, -0.1) is 11.6 Å². The third-order valence-corrected chi connectivity index (χ3v) is 1.90. The molecule has 0 bridgehead atoms. The molecule has 0 atom stereocenters. The quantitative estimate of drug-likeness (QED) is 0.413. The first-order valence-corrected chi connectivity index (χ1v) is 4.53. The minimum absolute atomic E-state index is 0.0177. The van der Waals surface area contributed by atoms with Gasteiger partial charge in [0, 0.05) is 0 Å². The lowest BCUT2D eigenvalue weighted by Gasteiger charge is -2.01. The first-order valence-electron chi connectivity index (χ1n) is 4.00. The lowest BCUT2D eigenvalue weighted by Crippen LogP contribution is -2.12. The number of carboxylic acid groups (broad SMARTS) is 1. The van der Waals surface area contributed by atoms with Gasteiger partial charge in [-0.25, -0.2) is 9.79 Å². The number of rotatable bonds is 3. The molecule has 1 aromatic carbocycles. The standard InChI is InChI=1S/C9H9ClN2O3/c10-4-8(11)12-6-2-1-5(9(14)15)3-7(6)13/h1-3,13H,4H2,(H2,11,12)(H,14,15). The van der Waals surface area contributed by atoms with Crippen molar-refractivity contribution in [1.29, 1.82) is 0 Å². The van der Waals surface area contributed by atoms with Crippen LogP contribution in [0, 0.1) is 0 Å². The van der Waals surface area contributed by atoms with Gasteiger partial charge >= 0.3 is 5.97 Å². The topological polar surface area (TPSA) is 95.9 Å². The van der Waals surface area contributed by atoms with E-state index in [0.29, 0.717) is 0 Å². The number of aliphatic imine (C=N–C) groups is 1. The van der Waals surface area contributed by atoms with Gasteiger partial charge in [-0.1, -0.05) is 0 Å². The second kappa shape index (κ2) is 4.65. The number of carbonyl (C=O) groups is 1. The molecule has 4 N–H and O–H groups in total. The van der Waals surface area contributed by atoms with Gasteiger partial charge in [-0.3, -0.25) is 0 Å². The van der Waals surface area contributed by atoms with E-state index in [0.717, 1.165) is 6.07 Å². The number of hydrogen-bond acceptors (Lipinski definition) is 3. The highest BCUT2D eigenvalue weighted by molar-refractivity contribution is 6.28. The van der Waals surface area contributed by atoms with Crippen LogP contribution in [0.2, 0.25) is 0 Å². The molecule has 80 valence electrons. The summed E-state index contributed by atoms with van der Waals surface area (Å²) in [5, 5.41) is 18.1. The van der Waals surface area contributed by atoms with Gasteiger partial charge in [0.25, 0.3) is 0 Å². The van der Waals surface area contributed by atoms with E-state index in [1.54, 1.807) is 0 Å². The molecular weight excluding hydrogens is 220 g/mol. The van der Waals surface area contributed by atoms with Gasteiger partial charge < -0.3 is 15.9 Å². The Labute approximate surface area is 90.8 Å². The molecule has 0 aliphatic heterocycles. The molecule has 0 fully saturated rings. The second-order valence-electron chi connectivity index (χ2n) is 2.75. The Balaban J connectivity index is 3.09. The lowest BCUT2D eigenvalue weighted by atomic mass is 10.2. The third-order valence-electron chi connectivity index (χ3n) is 1.62. The summed E-state index contributed by atoms with van der Waals surface area (Å²) in [4.78, 5) is 14.3. The fourth-order valence-electron chi connectivity index (χ4n) is 0.936. The maximum absolute atomic E-state index is 10.6. The maximum atomic E-state index is 10.6. The number of halogens is 1. The first kappa shape index (κ1) is 11.3. The zero-order chi connectivity index (χ0) is 11.4. The molecule has 15 heavy (non-hydrogen) atoms. The minimum Gasteiger partial charge on any atom is -0.506 e. The van der Waals surface area contributed by atoms with Crippen LogP contribution in [0.3, 0.4) is 0 Å². The average molecular weight is 229 g/mol. The molecule has 0 saturated heterocycles. The zero-order valence-corrected chi connectivity index (χ0v) is 8.40. The number of alkyl halides is 1. The summed E-state index contributed by atoms with van der Waals surface area (Å²) in [6.45, 7) is 0. The average Bonchev–Trinajstić information content (AvgIpc) is 2.20. The molecule has 0 aromatic heterocycles. The van der Waals surface area contributed by atoms with Crippen LogP contribution in [0.15, 0.2) is 23.2 Å². The summed E-state index contributed by atoms with van der Waals surface area (Å²) in [5.41, 5.74) is 5.54. The van der Waals surface area contributed by atoms with Gasteiger partial charge in [-0.2, -0.15) is 0 Å². The monoisotopic (exact) mass is 228 g/mol. The van der Waals surface area contributed by atoms with Gasteiger partial charge in [0.2, 0.25) is 0 Å². The summed E-state index contributed by atoms with van der Waals surface area (Å²) in [6, 6.07) is 3.78. The highest BCUT2D eigenvalue weighted by Crippen LogP contribution is 2.27. The summed E-state index contributed by atoms with van der Waals surface area (Å²) in [6.07, 6.45) is 0. The molecule has 5 nitrogen and oxygen atoms in total. The number of phenols is 1. The van der Waals surface area contributed by atoms with Crippen molar-refractivity contribution in [3.63, 3.8) is 0 Å². The first-order chi connectivity index (χ1) is 7.04. The molecule has 0 aliphatic carbocycles. The normalized spacial score (nSPS) is 11.4. The molecule has 0 unspecified atom stereocenters. The number of aromatic hydroxyl groups is 1. The number of phenolic OH excluding ortho intramolecular Hbond substituents is 1. The van der Waals surface area contributed by atoms with Crippen LogP contribution in [0.4, 0.5) is 5.69 Å². The Hall–Kier alpha value is -1.75. The fraction of sp³-hybridized carbons (Fsp3) is 0.111. The number of hydrogen-bond donors (Lipinski definition) is 3. The number of nitrogens with two attached hydrogens (primary N) is 1. The van der Waals surface area contributed by atoms with Crippen molar-refractivity contribution in [2.75, 3.05) is 5.88 Å². The predicted octanol–water partition coefficient (Wildman–Crippen LogP) is 1.32. The van der Waals surface area contributed by atoms with Crippen molar-refractivity contribution in [2.45, 2.75) is 0 Å².